The molecule has 0 aliphatic heterocycles. The van der Waals surface area contributed by atoms with Gasteiger partial charge in [0.25, 0.3) is 6.43 Å². The van der Waals surface area contributed by atoms with E-state index in [9.17, 15) is 13.6 Å². The van der Waals surface area contributed by atoms with Crippen LogP contribution in [0.3, 0.4) is 0 Å². The van der Waals surface area contributed by atoms with Gasteiger partial charge >= 0.3 is 0 Å². The first kappa shape index (κ1) is 16.4. The fraction of sp³-hybridized carbons (Fsp3) is 0.800. The molecule has 0 atom stereocenters. The Morgan fingerprint density at radius 3 is 2.67 bits per heavy atom. The molecule has 2 aliphatic carbocycles. The molecule has 0 heterocycles. The Labute approximate surface area is 124 Å². The van der Waals surface area contributed by atoms with E-state index < -0.39 is 13.0 Å². The Bertz CT molecular complexity index is 384. The summed E-state index contributed by atoms with van der Waals surface area (Å²) >= 11 is 0. The molecule has 2 rings (SSSR count). The molecule has 1 amide bonds. The van der Waals surface area contributed by atoms with Crippen LogP contribution in [0.5, 0.6) is 0 Å². The maximum atomic E-state index is 12.5. The quantitative estimate of drug-likeness (QED) is 0.746. The molecule has 1 fully saturated rings. The van der Waals surface area contributed by atoms with Gasteiger partial charge in [-0.2, -0.15) is 0 Å². The van der Waals surface area contributed by atoms with Crippen LogP contribution in [0.2, 0.25) is 0 Å². The first-order valence-electron chi connectivity index (χ1n) is 7.74. The van der Waals surface area contributed by atoms with Gasteiger partial charge in [0.2, 0.25) is 5.91 Å². The lowest BCUT2D eigenvalue weighted by Gasteiger charge is -2.30. The Morgan fingerprint density at radius 2 is 2.14 bits per heavy atom. The van der Waals surface area contributed by atoms with Crippen molar-refractivity contribution < 1.29 is 18.7 Å². The largest absolute Gasteiger partial charge is 0.395 e. The normalized spacial score (nSPS) is 19.0. The first-order valence-corrected chi connectivity index (χ1v) is 7.74. The molecular formula is C15H24F2N2O2. The fourth-order valence-corrected chi connectivity index (χ4v) is 2.81. The van der Waals surface area contributed by atoms with E-state index in [1.807, 2.05) is 4.90 Å². The van der Waals surface area contributed by atoms with E-state index in [-0.39, 0.29) is 31.6 Å². The van der Waals surface area contributed by atoms with Gasteiger partial charge in [0, 0.05) is 18.3 Å². The Kier molecular flexibility index (Phi) is 6.11. The van der Waals surface area contributed by atoms with Crippen molar-refractivity contribution in [3.05, 3.63) is 11.8 Å². The van der Waals surface area contributed by atoms with Gasteiger partial charge in [-0.15, -0.1) is 0 Å². The number of aliphatic hydroxyl groups excluding tert-OH is 1. The van der Waals surface area contributed by atoms with Gasteiger partial charge in [-0.25, -0.2) is 8.78 Å². The molecule has 2 aliphatic rings. The number of rotatable bonds is 8. The van der Waals surface area contributed by atoms with E-state index >= 15 is 0 Å². The van der Waals surface area contributed by atoms with Crippen LogP contribution in [-0.4, -0.2) is 59.5 Å². The molecule has 1 saturated carbocycles. The monoisotopic (exact) mass is 302 g/mol. The summed E-state index contributed by atoms with van der Waals surface area (Å²) < 4.78 is 25.1. The van der Waals surface area contributed by atoms with Crippen molar-refractivity contribution in [2.75, 3.05) is 26.2 Å². The number of hydrogen-bond acceptors (Lipinski definition) is 3. The first-order chi connectivity index (χ1) is 10.1. The summed E-state index contributed by atoms with van der Waals surface area (Å²) in [6.45, 7) is -0.623. The maximum absolute atomic E-state index is 12.5. The standard InChI is InChI=1S/C15H24F2N2O2/c16-14(17)10-18(8-9-20)11-15(21)19(13-6-7-13)12-4-2-1-3-5-12/h4,13-14,20H,1-3,5-11H2. The van der Waals surface area contributed by atoms with Crippen LogP contribution in [-0.2, 0) is 4.79 Å². The number of halogens is 2. The summed E-state index contributed by atoms with van der Waals surface area (Å²) in [6.07, 6.45) is 5.74. The predicted octanol–water partition coefficient (Wildman–Crippen LogP) is 1.99. The number of nitrogens with zero attached hydrogens (tertiary/aromatic N) is 2. The number of amides is 1. The van der Waals surface area contributed by atoms with Gasteiger partial charge in [-0.05, 0) is 38.5 Å². The Balaban J connectivity index is 1.98. The second-order valence-corrected chi connectivity index (χ2v) is 5.79. The van der Waals surface area contributed by atoms with Gasteiger partial charge < -0.3 is 10.0 Å². The highest BCUT2D eigenvalue weighted by Crippen LogP contribution is 2.33. The lowest BCUT2D eigenvalue weighted by molar-refractivity contribution is -0.131. The van der Waals surface area contributed by atoms with E-state index in [1.54, 1.807) is 0 Å². The second-order valence-electron chi connectivity index (χ2n) is 5.79. The van der Waals surface area contributed by atoms with Crippen molar-refractivity contribution in [1.29, 1.82) is 0 Å². The van der Waals surface area contributed by atoms with Crippen molar-refractivity contribution in [2.24, 2.45) is 0 Å². The van der Waals surface area contributed by atoms with E-state index in [0.29, 0.717) is 0 Å². The molecular weight excluding hydrogens is 278 g/mol. The van der Waals surface area contributed by atoms with Gasteiger partial charge in [0.15, 0.2) is 0 Å². The maximum Gasteiger partial charge on any atom is 0.251 e. The molecule has 0 saturated heterocycles. The SMILES string of the molecule is O=C(CN(CCO)CC(F)F)N(C1=CCCCC1)C1CC1. The van der Waals surface area contributed by atoms with E-state index in [4.69, 9.17) is 5.11 Å². The average Bonchev–Trinajstić information content (AvgIpc) is 3.24. The number of aliphatic hydroxyl groups is 1. The van der Waals surface area contributed by atoms with Crippen LogP contribution >= 0.6 is 0 Å². The topological polar surface area (TPSA) is 43.8 Å². The summed E-state index contributed by atoms with van der Waals surface area (Å²) in [5.41, 5.74) is 1.06. The zero-order valence-electron chi connectivity index (χ0n) is 12.3. The summed E-state index contributed by atoms with van der Waals surface area (Å²) in [7, 11) is 0. The highest BCUT2D eigenvalue weighted by molar-refractivity contribution is 5.80. The number of alkyl halides is 2. The third-order valence-corrected chi connectivity index (χ3v) is 3.93. The lowest BCUT2D eigenvalue weighted by atomic mass is 10.0. The van der Waals surface area contributed by atoms with Gasteiger partial charge in [0.1, 0.15) is 0 Å². The number of carbonyl (C=O) groups is 1. The molecule has 0 unspecified atom stereocenters. The van der Waals surface area contributed by atoms with Crippen molar-refractivity contribution in [3.63, 3.8) is 0 Å². The highest BCUT2D eigenvalue weighted by Gasteiger charge is 2.35. The third-order valence-electron chi connectivity index (χ3n) is 3.93. The minimum absolute atomic E-state index is 0.0429. The molecule has 4 nitrogen and oxygen atoms in total. The zero-order chi connectivity index (χ0) is 15.2. The molecule has 120 valence electrons. The van der Waals surface area contributed by atoms with Crippen molar-refractivity contribution in [1.82, 2.24) is 9.80 Å². The summed E-state index contributed by atoms with van der Waals surface area (Å²) in [5.74, 6) is -0.111. The molecule has 6 heteroatoms. The molecule has 21 heavy (non-hydrogen) atoms. The Morgan fingerprint density at radius 1 is 1.38 bits per heavy atom. The molecule has 0 aromatic rings. The number of carbonyl (C=O) groups excluding carboxylic acids is 1. The summed E-state index contributed by atoms with van der Waals surface area (Å²) in [5, 5.41) is 8.95. The molecule has 0 spiro atoms. The smallest absolute Gasteiger partial charge is 0.251 e. The second kappa shape index (κ2) is 7.84. The van der Waals surface area contributed by atoms with Crippen LogP contribution < -0.4 is 0 Å². The van der Waals surface area contributed by atoms with Crippen LogP contribution in [0.1, 0.15) is 38.5 Å². The van der Waals surface area contributed by atoms with Crippen LogP contribution in [0.4, 0.5) is 8.78 Å². The van der Waals surface area contributed by atoms with Crippen LogP contribution in [0.15, 0.2) is 11.8 Å². The number of allylic oxidation sites excluding steroid dienone is 2. The predicted molar refractivity (Wildman–Crippen MR) is 75.9 cm³/mol. The van der Waals surface area contributed by atoms with Crippen molar-refractivity contribution in [2.45, 2.75) is 51.0 Å². The minimum atomic E-state index is -2.49. The van der Waals surface area contributed by atoms with Gasteiger partial charge in [0.05, 0.1) is 19.7 Å². The summed E-state index contributed by atoms with van der Waals surface area (Å²) in [6, 6.07) is 0.254. The molecule has 0 radical (unpaired) electrons. The molecule has 0 aromatic carbocycles. The van der Waals surface area contributed by atoms with Gasteiger partial charge in [-0.1, -0.05) is 6.08 Å². The Hall–Kier alpha value is -1.01. The van der Waals surface area contributed by atoms with Crippen LogP contribution in [0.25, 0.3) is 0 Å². The lowest BCUT2D eigenvalue weighted by Crippen LogP contribution is -2.43. The highest BCUT2D eigenvalue weighted by atomic mass is 19.3. The van der Waals surface area contributed by atoms with Crippen LogP contribution in [0, 0.1) is 0 Å². The fourth-order valence-electron chi connectivity index (χ4n) is 2.81. The van der Waals surface area contributed by atoms with Crippen molar-refractivity contribution >= 4 is 5.91 Å². The number of hydrogen-bond donors (Lipinski definition) is 1. The zero-order valence-corrected chi connectivity index (χ0v) is 12.3. The molecule has 0 bridgehead atoms. The van der Waals surface area contributed by atoms with E-state index in [2.05, 4.69) is 6.08 Å². The third kappa shape index (κ3) is 5.04. The minimum Gasteiger partial charge on any atom is -0.395 e. The molecule has 1 N–H and O–H groups in total. The van der Waals surface area contributed by atoms with Gasteiger partial charge in [-0.3, -0.25) is 9.69 Å². The average molecular weight is 302 g/mol. The van der Waals surface area contributed by atoms with Crippen molar-refractivity contribution in [3.8, 4) is 0 Å². The molecule has 0 aromatic heterocycles. The van der Waals surface area contributed by atoms with E-state index in [1.165, 1.54) is 4.90 Å². The van der Waals surface area contributed by atoms with E-state index in [0.717, 1.165) is 44.2 Å². The summed E-state index contributed by atoms with van der Waals surface area (Å²) in [4.78, 5) is 15.7.